The third-order valence-corrected chi connectivity index (χ3v) is 5.42. The van der Waals surface area contributed by atoms with Crippen molar-refractivity contribution in [1.82, 2.24) is 0 Å². The quantitative estimate of drug-likeness (QED) is 0.252. The van der Waals surface area contributed by atoms with Crippen LogP contribution < -0.4 is 18.9 Å². The van der Waals surface area contributed by atoms with Gasteiger partial charge in [0, 0.05) is 0 Å². The average Bonchev–Trinajstić information content (AvgIpc) is 2.89. The maximum absolute atomic E-state index is 9.57. The SMILES string of the molecule is CCCCC(CO)Oc1ccccc1OCCOCCOc1ccccc1OC(CO)CCCC. The molecule has 2 aromatic rings. The number of ether oxygens (including phenoxy) is 5. The Bertz CT molecular complexity index is 733. The molecule has 0 aliphatic rings. The first kappa shape index (κ1) is 28.8. The van der Waals surface area contributed by atoms with E-state index in [1.54, 1.807) is 0 Å². The van der Waals surface area contributed by atoms with Gasteiger partial charge in [-0.2, -0.15) is 0 Å². The number of aliphatic hydroxyl groups is 2. The Balaban J connectivity index is 1.71. The molecule has 0 radical (unpaired) electrons. The molecule has 7 nitrogen and oxygen atoms in total. The maximum Gasteiger partial charge on any atom is 0.161 e. The standard InChI is InChI=1S/C28H42O7/c1-3-5-11-23(21-29)34-27-15-9-7-13-25(27)32-19-17-31-18-20-33-26-14-8-10-16-28(26)35-24(22-30)12-6-4-2/h7-10,13-16,23-24,29-30H,3-6,11-12,17-22H2,1-2H3. The lowest BCUT2D eigenvalue weighted by atomic mass is 10.2. The summed E-state index contributed by atoms with van der Waals surface area (Å²) in [5, 5.41) is 19.1. The molecule has 0 aromatic heterocycles. The summed E-state index contributed by atoms with van der Waals surface area (Å²) in [4.78, 5) is 0. The number of aliphatic hydroxyl groups excluding tert-OH is 2. The Labute approximate surface area is 209 Å². The molecule has 196 valence electrons. The minimum Gasteiger partial charge on any atom is -0.487 e. The van der Waals surface area contributed by atoms with Crippen LogP contribution in [0.3, 0.4) is 0 Å². The van der Waals surface area contributed by atoms with Crippen molar-refractivity contribution in [2.75, 3.05) is 39.6 Å². The van der Waals surface area contributed by atoms with E-state index in [4.69, 9.17) is 23.7 Å². The first-order chi connectivity index (χ1) is 17.2. The molecule has 0 fully saturated rings. The number of rotatable bonds is 20. The zero-order valence-electron chi connectivity index (χ0n) is 21.2. The molecule has 2 rings (SSSR count). The summed E-state index contributed by atoms with van der Waals surface area (Å²) >= 11 is 0. The average molecular weight is 491 g/mol. The summed E-state index contributed by atoms with van der Waals surface area (Å²) in [7, 11) is 0. The Kier molecular flexibility index (Phi) is 14.7. The van der Waals surface area contributed by atoms with Gasteiger partial charge in [0.1, 0.15) is 25.4 Å². The second kappa shape index (κ2) is 17.9. The molecule has 7 heteroatoms. The summed E-state index contributed by atoms with van der Waals surface area (Å²) < 4.78 is 29.2. The molecular weight excluding hydrogens is 448 g/mol. The van der Waals surface area contributed by atoms with Gasteiger partial charge >= 0.3 is 0 Å². The van der Waals surface area contributed by atoms with Gasteiger partial charge in [-0.3, -0.25) is 0 Å². The van der Waals surface area contributed by atoms with E-state index < -0.39 is 0 Å². The fourth-order valence-corrected chi connectivity index (χ4v) is 3.45. The lowest BCUT2D eigenvalue weighted by Crippen LogP contribution is -2.21. The molecule has 2 aromatic carbocycles. The normalized spacial score (nSPS) is 12.7. The Morgan fingerprint density at radius 1 is 0.600 bits per heavy atom. The summed E-state index contributed by atoms with van der Waals surface area (Å²) in [6.45, 7) is 5.73. The van der Waals surface area contributed by atoms with E-state index in [0.717, 1.165) is 38.5 Å². The Morgan fingerprint density at radius 3 is 1.37 bits per heavy atom. The highest BCUT2D eigenvalue weighted by Gasteiger charge is 2.13. The van der Waals surface area contributed by atoms with E-state index in [-0.39, 0.29) is 25.4 Å². The van der Waals surface area contributed by atoms with Gasteiger partial charge in [0.05, 0.1) is 26.4 Å². The van der Waals surface area contributed by atoms with Crippen molar-refractivity contribution in [2.24, 2.45) is 0 Å². The van der Waals surface area contributed by atoms with Crippen molar-refractivity contribution in [3.05, 3.63) is 48.5 Å². The van der Waals surface area contributed by atoms with Crippen molar-refractivity contribution in [3.63, 3.8) is 0 Å². The second-order valence-corrected chi connectivity index (χ2v) is 8.33. The molecule has 35 heavy (non-hydrogen) atoms. The highest BCUT2D eigenvalue weighted by Crippen LogP contribution is 2.29. The summed E-state index contributed by atoms with van der Waals surface area (Å²) in [5.74, 6) is 2.52. The lowest BCUT2D eigenvalue weighted by molar-refractivity contribution is 0.0690. The predicted octanol–water partition coefficient (Wildman–Crippen LogP) is 5.02. The van der Waals surface area contributed by atoms with Crippen LogP contribution in [0, 0.1) is 0 Å². The van der Waals surface area contributed by atoms with Gasteiger partial charge in [-0.05, 0) is 49.9 Å². The van der Waals surface area contributed by atoms with Crippen molar-refractivity contribution in [2.45, 2.75) is 64.6 Å². The van der Waals surface area contributed by atoms with Gasteiger partial charge in [0.25, 0.3) is 0 Å². The topological polar surface area (TPSA) is 86.6 Å². The van der Waals surface area contributed by atoms with Gasteiger partial charge in [0.15, 0.2) is 23.0 Å². The fourth-order valence-electron chi connectivity index (χ4n) is 3.45. The minimum absolute atomic E-state index is 0.0228. The van der Waals surface area contributed by atoms with Crippen LogP contribution in [0.15, 0.2) is 48.5 Å². The summed E-state index contributed by atoms with van der Waals surface area (Å²) in [6, 6.07) is 15.0. The highest BCUT2D eigenvalue weighted by molar-refractivity contribution is 5.40. The Hall–Kier alpha value is -2.48. The van der Waals surface area contributed by atoms with Crippen molar-refractivity contribution in [3.8, 4) is 23.0 Å². The van der Waals surface area contributed by atoms with E-state index >= 15 is 0 Å². The van der Waals surface area contributed by atoms with E-state index in [1.165, 1.54) is 0 Å². The molecule has 0 saturated carbocycles. The minimum atomic E-state index is -0.237. The van der Waals surface area contributed by atoms with Gasteiger partial charge in [-0.15, -0.1) is 0 Å². The van der Waals surface area contributed by atoms with Crippen LogP contribution in [-0.4, -0.2) is 62.1 Å². The molecule has 0 aliphatic carbocycles. The van der Waals surface area contributed by atoms with E-state index in [2.05, 4.69) is 13.8 Å². The van der Waals surface area contributed by atoms with Crippen molar-refractivity contribution < 1.29 is 33.9 Å². The molecule has 0 amide bonds. The van der Waals surface area contributed by atoms with Crippen LogP contribution >= 0.6 is 0 Å². The van der Waals surface area contributed by atoms with E-state index in [9.17, 15) is 10.2 Å². The van der Waals surface area contributed by atoms with Gasteiger partial charge < -0.3 is 33.9 Å². The number of hydrogen-bond donors (Lipinski definition) is 2. The van der Waals surface area contributed by atoms with Gasteiger partial charge in [0.2, 0.25) is 0 Å². The zero-order chi connectivity index (χ0) is 25.1. The molecule has 2 unspecified atom stereocenters. The number of unbranched alkanes of at least 4 members (excludes halogenated alkanes) is 2. The van der Waals surface area contributed by atoms with Gasteiger partial charge in [-0.25, -0.2) is 0 Å². The molecule has 2 atom stereocenters. The van der Waals surface area contributed by atoms with Crippen LogP contribution in [-0.2, 0) is 4.74 Å². The zero-order valence-corrected chi connectivity index (χ0v) is 21.2. The van der Waals surface area contributed by atoms with Crippen LogP contribution in [0.25, 0.3) is 0 Å². The van der Waals surface area contributed by atoms with Gasteiger partial charge in [-0.1, -0.05) is 51.0 Å². The van der Waals surface area contributed by atoms with Crippen molar-refractivity contribution in [1.29, 1.82) is 0 Å². The monoisotopic (exact) mass is 490 g/mol. The van der Waals surface area contributed by atoms with E-state index in [0.29, 0.717) is 49.4 Å². The third kappa shape index (κ3) is 11.2. The smallest absolute Gasteiger partial charge is 0.161 e. The molecule has 0 spiro atoms. The summed E-state index contributed by atoms with van der Waals surface area (Å²) in [6.07, 6.45) is 5.25. The second-order valence-electron chi connectivity index (χ2n) is 8.33. The molecule has 0 bridgehead atoms. The first-order valence-corrected chi connectivity index (χ1v) is 12.8. The van der Waals surface area contributed by atoms with Crippen LogP contribution in [0.1, 0.15) is 52.4 Å². The van der Waals surface area contributed by atoms with Crippen LogP contribution in [0.4, 0.5) is 0 Å². The number of para-hydroxylation sites is 4. The molecule has 0 heterocycles. The largest absolute Gasteiger partial charge is 0.487 e. The first-order valence-electron chi connectivity index (χ1n) is 12.8. The fraction of sp³-hybridized carbons (Fsp3) is 0.571. The lowest BCUT2D eigenvalue weighted by Gasteiger charge is -2.19. The number of hydrogen-bond acceptors (Lipinski definition) is 7. The Morgan fingerprint density at radius 2 is 1.00 bits per heavy atom. The maximum atomic E-state index is 9.57. The van der Waals surface area contributed by atoms with Crippen molar-refractivity contribution >= 4 is 0 Å². The molecular formula is C28H42O7. The third-order valence-electron chi connectivity index (χ3n) is 5.42. The molecule has 0 aliphatic heterocycles. The summed E-state index contributed by atoms with van der Waals surface area (Å²) in [5.41, 5.74) is 0. The molecule has 0 saturated heterocycles. The molecule has 2 N–H and O–H groups in total. The van der Waals surface area contributed by atoms with Crippen LogP contribution in [0.2, 0.25) is 0 Å². The highest BCUT2D eigenvalue weighted by atomic mass is 16.6. The van der Waals surface area contributed by atoms with Crippen LogP contribution in [0.5, 0.6) is 23.0 Å². The predicted molar refractivity (Wildman–Crippen MR) is 137 cm³/mol. The number of benzene rings is 2. The van der Waals surface area contributed by atoms with E-state index in [1.807, 2.05) is 48.5 Å².